The number of carbonyl (C=O) groups is 1. The fourth-order valence-electron chi connectivity index (χ4n) is 1.63. The number of rotatable bonds is 4. The van der Waals surface area contributed by atoms with E-state index in [2.05, 4.69) is 10.6 Å². The zero-order valence-electron chi connectivity index (χ0n) is 8.42. The Labute approximate surface area is 78.7 Å². The molecule has 0 aliphatic heterocycles. The average molecular weight is 186 g/mol. The van der Waals surface area contributed by atoms with Crippen molar-refractivity contribution in [3.05, 3.63) is 0 Å². The summed E-state index contributed by atoms with van der Waals surface area (Å²) in [4.78, 5) is 11.5. The third-order valence-electron chi connectivity index (χ3n) is 2.75. The predicted molar refractivity (Wildman–Crippen MR) is 50.0 cm³/mol. The molecule has 13 heavy (non-hydrogen) atoms. The van der Waals surface area contributed by atoms with Crippen LogP contribution in [0.15, 0.2) is 0 Å². The molecule has 1 aliphatic carbocycles. The molecule has 1 amide bonds. The Morgan fingerprint density at radius 3 is 2.62 bits per heavy atom. The SMILES string of the molecule is CCC(O)NC1(C(=O)NC)CC1C. The van der Waals surface area contributed by atoms with E-state index in [0.29, 0.717) is 12.3 Å². The van der Waals surface area contributed by atoms with E-state index < -0.39 is 11.8 Å². The van der Waals surface area contributed by atoms with Gasteiger partial charge in [0.2, 0.25) is 5.91 Å². The zero-order chi connectivity index (χ0) is 10.1. The van der Waals surface area contributed by atoms with Crippen molar-refractivity contribution in [1.82, 2.24) is 10.6 Å². The van der Waals surface area contributed by atoms with E-state index in [1.165, 1.54) is 0 Å². The molecule has 0 aromatic heterocycles. The summed E-state index contributed by atoms with van der Waals surface area (Å²) in [5.74, 6) is 0.293. The van der Waals surface area contributed by atoms with Gasteiger partial charge in [0.05, 0.1) is 0 Å². The fourth-order valence-corrected chi connectivity index (χ4v) is 1.63. The van der Waals surface area contributed by atoms with Gasteiger partial charge in [0.1, 0.15) is 11.8 Å². The first-order chi connectivity index (χ1) is 6.06. The van der Waals surface area contributed by atoms with Crippen LogP contribution in [0.3, 0.4) is 0 Å². The molecule has 0 radical (unpaired) electrons. The number of aliphatic hydroxyl groups is 1. The van der Waals surface area contributed by atoms with Gasteiger partial charge >= 0.3 is 0 Å². The molecule has 0 heterocycles. The van der Waals surface area contributed by atoms with E-state index in [-0.39, 0.29) is 5.91 Å². The van der Waals surface area contributed by atoms with E-state index in [1.54, 1.807) is 7.05 Å². The van der Waals surface area contributed by atoms with E-state index in [4.69, 9.17) is 0 Å². The highest BCUT2D eigenvalue weighted by Crippen LogP contribution is 2.43. The lowest BCUT2D eigenvalue weighted by molar-refractivity contribution is -0.125. The summed E-state index contributed by atoms with van der Waals surface area (Å²) in [6, 6.07) is 0. The van der Waals surface area contributed by atoms with Crippen LogP contribution in [-0.2, 0) is 4.79 Å². The molecule has 3 unspecified atom stereocenters. The second-order valence-corrected chi connectivity index (χ2v) is 3.72. The highest BCUT2D eigenvalue weighted by molar-refractivity contribution is 5.89. The molecular weight excluding hydrogens is 168 g/mol. The number of aliphatic hydroxyl groups excluding tert-OH is 1. The molecule has 0 bridgehead atoms. The van der Waals surface area contributed by atoms with E-state index >= 15 is 0 Å². The van der Waals surface area contributed by atoms with Gasteiger partial charge < -0.3 is 10.4 Å². The minimum absolute atomic E-state index is 0.0208. The Morgan fingerprint density at radius 1 is 1.77 bits per heavy atom. The molecular formula is C9H18N2O2. The molecule has 4 nitrogen and oxygen atoms in total. The molecule has 1 aliphatic rings. The van der Waals surface area contributed by atoms with E-state index in [1.807, 2.05) is 13.8 Å². The van der Waals surface area contributed by atoms with Crippen molar-refractivity contribution in [3.63, 3.8) is 0 Å². The third-order valence-corrected chi connectivity index (χ3v) is 2.75. The average Bonchev–Trinajstić information content (AvgIpc) is 2.76. The van der Waals surface area contributed by atoms with Crippen molar-refractivity contribution in [2.45, 2.75) is 38.5 Å². The lowest BCUT2D eigenvalue weighted by Crippen LogP contribution is -2.50. The lowest BCUT2D eigenvalue weighted by Gasteiger charge is -2.20. The number of hydrogen-bond acceptors (Lipinski definition) is 3. The first-order valence-corrected chi connectivity index (χ1v) is 4.74. The van der Waals surface area contributed by atoms with Crippen LogP contribution in [0.1, 0.15) is 26.7 Å². The van der Waals surface area contributed by atoms with Crippen LogP contribution in [0.5, 0.6) is 0 Å². The number of hydrogen-bond donors (Lipinski definition) is 3. The summed E-state index contributed by atoms with van der Waals surface area (Å²) >= 11 is 0. The number of carbonyl (C=O) groups excluding carboxylic acids is 1. The quantitative estimate of drug-likeness (QED) is 0.534. The number of amides is 1. The van der Waals surface area contributed by atoms with Gasteiger partial charge in [-0.1, -0.05) is 13.8 Å². The Hall–Kier alpha value is -0.610. The topological polar surface area (TPSA) is 61.4 Å². The Bertz CT molecular complexity index is 208. The van der Waals surface area contributed by atoms with Crippen molar-refractivity contribution in [2.24, 2.45) is 5.92 Å². The van der Waals surface area contributed by atoms with E-state index in [0.717, 1.165) is 6.42 Å². The van der Waals surface area contributed by atoms with Gasteiger partial charge in [-0.2, -0.15) is 0 Å². The maximum atomic E-state index is 11.5. The maximum Gasteiger partial charge on any atom is 0.240 e. The van der Waals surface area contributed by atoms with E-state index in [9.17, 15) is 9.90 Å². The van der Waals surface area contributed by atoms with Crippen LogP contribution in [0.4, 0.5) is 0 Å². The van der Waals surface area contributed by atoms with Gasteiger partial charge in [0.25, 0.3) is 0 Å². The van der Waals surface area contributed by atoms with Gasteiger partial charge in [-0.05, 0) is 18.8 Å². The van der Waals surface area contributed by atoms with Crippen LogP contribution in [-0.4, -0.2) is 29.8 Å². The number of likely N-dealkylation sites (N-methyl/N-ethyl adjacent to an activating group) is 1. The zero-order valence-corrected chi connectivity index (χ0v) is 8.42. The Balaban J connectivity index is 2.57. The maximum absolute atomic E-state index is 11.5. The van der Waals surface area contributed by atoms with Crippen molar-refractivity contribution >= 4 is 5.91 Å². The molecule has 1 saturated carbocycles. The molecule has 0 aromatic carbocycles. The van der Waals surface area contributed by atoms with Crippen LogP contribution < -0.4 is 10.6 Å². The summed E-state index contributed by atoms with van der Waals surface area (Å²) in [5, 5.41) is 15.0. The second-order valence-electron chi connectivity index (χ2n) is 3.72. The lowest BCUT2D eigenvalue weighted by atomic mass is 10.2. The minimum atomic E-state index is -0.581. The standard InChI is InChI=1S/C9H18N2O2/c1-4-7(12)11-9(5-6(9)2)8(13)10-3/h6-7,11-12H,4-5H2,1-3H3,(H,10,13). The molecule has 76 valence electrons. The van der Waals surface area contributed by atoms with Gasteiger partial charge in [-0.3, -0.25) is 10.1 Å². The fraction of sp³-hybridized carbons (Fsp3) is 0.889. The molecule has 3 atom stereocenters. The van der Waals surface area contributed by atoms with Gasteiger partial charge in [0.15, 0.2) is 0 Å². The Morgan fingerprint density at radius 2 is 2.31 bits per heavy atom. The summed E-state index contributed by atoms with van der Waals surface area (Å²) in [7, 11) is 1.62. The molecule has 0 spiro atoms. The summed E-state index contributed by atoms with van der Waals surface area (Å²) in [5.41, 5.74) is -0.510. The highest BCUT2D eigenvalue weighted by Gasteiger charge is 2.57. The summed E-state index contributed by atoms with van der Waals surface area (Å²) in [6.45, 7) is 3.88. The van der Waals surface area contributed by atoms with Crippen LogP contribution in [0.25, 0.3) is 0 Å². The monoisotopic (exact) mass is 186 g/mol. The largest absolute Gasteiger partial charge is 0.379 e. The number of nitrogens with one attached hydrogen (secondary N) is 2. The van der Waals surface area contributed by atoms with Crippen LogP contribution >= 0.6 is 0 Å². The molecule has 3 N–H and O–H groups in total. The summed E-state index contributed by atoms with van der Waals surface area (Å²) in [6.07, 6.45) is 0.845. The van der Waals surface area contributed by atoms with Crippen LogP contribution in [0, 0.1) is 5.92 Å². The van der Waals surface area contributed by atoms with Crippen molar-refractivity contribution < 1.29 is 9.90 Å². The normalized spacial score (nSPS) is 34.0. The van der Waals surface area contributed by atoms with Crippen molar-refractivity contribution in [3.8, 4) is 0 Å². The van der Waals surface area contributed by atoms with Crippen LogP contribution in [0.2, 0.25) is 0 Å². The Kier molecular flexibility index (Phi) is 2.93. The highest BCUT2D eigenvalue weighted by atomic mass is 16.3. The molecule has 1 fully saturated rings. The van der Waals surface area contributed by atoms with Crippen molar-refractivity contribution in [2.75, 3.05) is 7.05 Å². The molecule has 0 aromatic rings. The minimum Gasteiger partial charge on any atom is -0.379 e. The third kappa shape index (κ3) is 1.84. The van der Waals surface area contributed by atoms with Gasteiger partial charge in [-0.15, -0.1) is 0 Å². The smallest absolute Gasteiger partial charge is 0.240 e. The first kappa shape index (κ1) is 10.5. The first-order valence-electron chi connectivity index (χ1n) is 4.74. The summed E-state index contributed by atoms with van der Waals surface area (Å²) < 4.78 is 0. The van der Waals surface area contributed by atoms with Crippen molar-refractivity contribution in [1.29, 1.82) is 0 Å². The molecule has 4 heteroatoms. The van der Waals surface area contributed by atoms with Gasteiger partial charge in [0, 0.05) is 7.05 Å². The molecule has 1 rings (SSSR count). The molecule has 0 saturated heterocycles. The van der Waals surface area contributed by atoms with Gasteiger partial charge in [-0.25, -0.2) is 0 Å². The predicted octanol–water partition coefficient (Wildman–Crippen LogP) is -0.171. The second kappa shape index (κ2) is 3.64.